The minimum absolute atomic E-state index is 0.0263. The third-order valence-corrected chi connectivity index (χ3v) is 9.17. The summed E-state index contributed by atoms with van der Waals surface area (Å²) in [5, 5.41) is 19.8. The van der Waals surface area contributed by atoms with Crippen molar-refractivity contribution < 1.29 is 37.6 Å². The second kappa shape index (κ2) is 11.1. The van der Waals surface area contributed by atoms with Gasteiger partial charge in [0.2, 0.25) is 5.88 Å². The molecule has 0 radical (unpaired) electrons. The molecule has 2 aromatic carbocycles. The summed E-state index contributed by atoms with van der Waals surface area (Å²) in [6, 6.07) is 15.1. The Bertz CT molecular complexity index is 1500. The summed E-state index contributed by atoms with van der Waals surface area (Å²) in [6.07, 6.45) is 0.387. The SMILES string of the molecule is Cc1cc(OCC2(O)CCS(=O)(=O)CC2)cc(C)c1-c1cccc(OCc2ccc3c(c2)OCC3CC(=O)O)n1. The van der Waals surface area contributed by atoms with E-state index in [1.165, 1.54) is 0 Å². The first kappa shape index (κ1) is 27.9. The van der Waals surface area contributed by atoms with Gasteiger partial charge in [0.1, 0.15) is 30.3 Å². The lowest BCUT2D eigenvalue weighted by molar-refractivity contribution is -0.137. The first-order chi connectivity index (χ1) is 19.0. The molecule has 3 heterocycles. The molecule has 1 atom stereocenters. The number of hydrogen-bond acceptors (Lipinski definition) is 8. The third kappa shape index (κ3) is 6.39. The van der Waals surface area contributed by atoms with Crippen molar-refractivity contribution in [2.45, 2.75) is 51.2 Å². The highest BCUT2D eigenvalue weighted by Crippen LogP contribution is 2.37. The molecule has 40 heavy (non-hydrogen) atoms. The number of rotatable bonds is 9. The molecule has 5 rings (SSSR count). The Morgan fingerprint density at radius 3 is 2.50 bits per heavy atom. The molecular weight excluding hydrogens is 534 g/mol. The van der Waals surface area contributed by atoms with Crippen molar-refractivity contribution in [2.24, 2.45) is 0 Å². The molecule has 1 aromatic heterocycles. The lowest BCUT2D eigenvalue weighted by Crippen LogP contribution is -2.43. The maximum atomic E-state index is 11.7. The highest BCUT2D eigenvalue weighted by molar-refractivity contribution is 7.91. The zero-order valence-corrected chi connectivity index (χ0v) is 23.4. The van der Waals surface area contributed by atoms with Crippen LogP contribution in [-0.4, -0.2) is 59.9 Å². The molecule has 2 aliphatic rings. The molecule has 2 N–H and O–H groups in total. The first-order valence-corrected chi connectivity index (χ1v) is 15.1. The molecule has 1 unspecified atom stereocenters. The van der Waals surface area contributed by atoms with Crippen LogP contribution in [0.1, 0.15) is 47.4 Å². The molecule has 0 amide bonds. The van der Waals surface area contributed by atoms with Gasteiger partial charge in [0.25, 0.3) is 0 Å². The largest absolute Gasteiger partial charge is 0.493 e. The van der Waals surface area contributed by atoms with E-state index < -0.39 is 21.4 Å². The summed E-state index contributed by atoms with van der Waals surface area (Å²) in [4.78, 5) is 15.8. The van der Waals surface area contributed by atoms with Crippen LogP contribution in [0.25, 0.3) is 11.3 Å². The Morgan fingerprint density at radius 1 is 1.07 bits per heavy atom. The second-order valence-corrected chi connectivity index (χ2v) is 13.0. The molecule has 1 saturated heterocycles. The number of sulfone groups is 1. The smallest absolute Gasteiger partial charge is 0.304 e. The number of aromatic nitrogens is 1. The predicted octanol–water partition coefficient (Wildman–Crippen LogP) is 4.21. The van der Waals surface area contributed by atoms with E-state index in [-0.39, 0.29) is 49.9 Å². The van der Waals surface area contributed by atoms with Crippen LogP contribution in [0.4, 0.5) is 0 Å². The number of ether oxygens (including phenoxy) is 3. The van der Waals surface area contributed by atoms with Gasteiger partial charge in [0, 0.05) is 23.1 Å². The van der Waals surface area contributed by atoms with Crippen molar-refractivity contribution in [2.75, 3.05) is 24.7 Å². The zero-order valence-electron chi connectivity index (χ0n) is 22.6. The molecule has 10 heteroatoms. The van der Waals surface area contributed by atoms with Gasteiger partial charge in [-0.25, -0.2) is 13.4 Å². The molecule has 1 fully saturated rings. The van der Waals surface area contributed by atoms with E-state index in [4.69, 9.17) is 24.3 Å². The Balaban J connectivity index is 1.24. The average Bonchev–Trinajstić information content (AvgIpc) is 3.29. The quantitative estimate of drug-likeness (QED) is 0.390. The fourth-order valence-corrected chi connectivity index (χ4v) is 6.86. The molecule has 212 valence electrons. The minimum Gasteiger partial charge on any atom is -0.493 e. The lowest BCUT2D eigenvalue weighted by Gasteiger charge is -2.31. The van der Waals surface area contributed by atoms with Crippen LogP contribution in [-0.2, 0) is 21.2 Å². The van der Waals surface area contributed by atoms with Crippen LogP contribution in [0, 0.1) is 13.8 Å². The summed E-state index contributed by atoms with van der Waals surface area (Å²) >= 11 is 0. The third-order valence-electron chi connectivity index (χ3n) is 7.52. The zero-order chi connectivity index (χ0) is 28.5. The van der Waals surface area contributed by atoms with Crippen LogP contribution in [0.2, 0.25) is 0 Å². The number of aliphatic hydroxyl groups is 1. The standard InChI is InChI=1S/C30H33NO8S/c1-19-12-23(39-18-30(34)8-10-40(35,36)11-9-30)13-20(2)29(19)25-4-3-5-27(31-25)38-16-21-6-7-24-22(15-28(32)33)17-37-26(24)14-21/h3-7,12-14,22,34H,8-11,15-18H2,1-2H3,(H,32,33). The summed E-state index contributed by atoms with van der Waals surface area (Å²) in [5.74, 6) is 0.741. The van der Waals surface area contributed by atoms with Gasteiger partial charge in [-0.15, -0.1) is 0 Å². The van der Waals surface area contributed by atoms with Crippen molar-refractivity contribution >= 4 is 15.8 Å². The number of carboxylic acids is 1. The van der Waals surface area contributed by atoms with Gasteiger partial charge in [-0.3, -0.25) is 4.79 Å². The van der Waals surface area contributed by atoms with Gasteiger partial charge in [0.05, 0.1) is 30.2 Å². The minimum atomic E-state index is -3.07. The van der Waals surface area contributed by atoms with Crippen molar-refractivity contribution in [3.05, 3.63) is 70.8 Å². The molecule has 2 aliphatic heterocycles. The molecule has 9 nitrogen and oxygen atoms in total. The van der Waals surface area contributed by atoms with Gasteiger partial charge in [-0.1, -0.05) is 18.2 Å². The number of aliphatic carboxylic acids is 1. The van der Waals surface area contributed by atoms with Crippen LogP contribution in [0.3, 0.4) is 0 Å². The van der Waals surface area contributed by atoms with Crippen molar-refractivity contribution in [3.8, 4) is 28.6 Å². The van der Waals surface area contributed by atoms with E-state index >= 15 is 0 Å². The van der Waals surface area contributed by atoms with Gasteiger partial charge >= 0.3 is 5.97 Å². The fourth-order valence-electron chi connectivity index (χ4n) is 5.27. The van der Waals surface area contributed by atoms with E-state index in [0.29, 0.717) is 24.0 Å². The second-order valence-electron chi connectivity index (χ2n) is 10.7. The summed E-state index contributed by atoms with van der Waals surface area (Å²) in [7, 11) is -3.07. The van der Waals surface area contributed by atoms with E-state index in [1.807, 2.05) is 56.3 Å². The average molecular weight is 568 g/mol. The van der Waals surface area contributed by atoms with Gasteiger partial charge in [-0.2, -0.15) is 0 Å². The number of hydrogen-bond donors (Lipinski definition) is 2. The highest BCUT2D eigenvalue weighted by atomic mass is 32.2. The fraction of sp³-hybridized carbons (Fsp3) is 0.400. The topological polar surface area (TPSA) is 132 Å². The van der Waals surface area contributed by atoms with Crippen molar-refractivity contribution in [1.29, 1.82) is 0 Å². The number of carboxylic acid groups (broad SMARTS) is 1. The molecular formula is C30H33NO8S. The molecule has 0 spiro atoms. The first-order valence-electron chi connectivity index (χ1n) is 13.2. The lowest BCUT2D eigenvalue weighted by atomic mass is 9.97. The molecule has 0 bridgehead atoms. The van der Waals surface area contributed by atoms with Crippen LogP contribution >= 0.6 is 0 Å². The van der Waals surface area contributed by atoms with Crippen LogP contribution in [0.15, 0.2) is 48.5 Å². The number of fused-ring (bicyclic) bond motifs is 1. The van der Waals surface area contributed by atoms with E-state index in [0.717, 1.165) is 33.5 Å². The van der Waals surface area contributed by atoms with Gasteiger partial charge in [-0.05, 0) is 67.6 Å². The van der Waals surface area contributed by atoms with Gasteiger partial charge < -0.3 is 24.4 Å². The Labute approximate surface area is 233 Å². The van der Waals surface area contributed by atoms with E-state index in [2.05, 4.69) is 0 Å². The summed E-state index contributed by atoms with van der Waals surface area (Å²) in [6.45, 7) is 4.62. The number of pyridine rings is 1. The monoisotopic (exact) mass is 567 g/mol. The van der Waals surface area contributed by atoms with Crippen LogP contribution < -0.4 is 14.2 Å². The highest BCUT2D eigenvalue weighted by Gasteiger charge is 2.36. The van der Waals surface area contributed by atoms with Gasteiger partial charge in [0.15, 0.2) is 9.84 Å². The Kier molecular flexibility index (Phi) is 7.74. The van der Waals surface area contributed by atoms with Crippen molar-refractivity contribution in [3.63, 3.8) is 0 Å². The Hall–Kier alpha value is -3.63. The number of nitrogens with zero attached hydrogens (tertiary/aromatic N) is 1. The molecule has 3 aromatic rings. The normalized spacial score (nSPS) is 18.9. The predicted molar refractivity (Wildman–Crippen MR) is 149 cm³/mol. The maximum absolute atomic E-state index is 11.7. The van der Waals surface area contributed by atoms with Crippen LogP contribution in [0.5, 0.6) is 17.4 Å². The maximum Gasteiger partial charge on any atom is 0.304 e. The Morgan fingerprint density at radius 2 is 1.80 bits per heavy atom. The molecule has 0 aliphatic carbocycles. The van der Waals surface area contributed by atoms with E-state index in [9.17, 15) is 18.3 Å². The van der Waals surface area contributed by atoms with E-state index in [1.54, 1.807) is 6.07 Å². The summed E-state index contributed by atoms with van der Waals surface area (Å²) < 4.78 is 41.0. The number of aryl methyl sites for hydroxylation is 2. The molecule has 0 saturated carbocycles. The summed E-state index contributed by atoms with van der Waals surface area (Å²) in [5.41, 5.74) is 4.26. The number of benzene rings is 2. The number of carbonyl (C=O) groups is 1. The van der Waals surface area contributed by atoms with Crippen molar-refractivity contribution in [1.82, 2.24) is 4.98 Å².